The zero-order valence-corrected chi connectivity index (χ0v) is 11.3. The molecular formula is C16H15FO3. The molecule has 4 heteroatoms. The van der Waals surface area contributed by atoms with Crippen molar-refractivity contribution >= 4 is 5.78 Å². The minimum Gasteiger partial charge on any atom is -0.508 e. The van der Waals surface area contributed by atoms with E-state index in [1.54, 1.807) is 0 Å². The predicted molar refractivity (Wildman–Crippen MR) is 73.7 cm³/mol. The van der Waals surface area contributed by atoms with Gasteiger partial charge in [0.2, 0.25) is 0 Å². The molecule has 2 aromatic carbocycles. The Kier molecular flexibility index (Phi) is 4.03. The van der Waals surface area contributed by atoms with E-state index in [0.717, 1.165) is 0 Å². The van der Waals surface area contributed by atoms with Gasteiger partial charge in [0, 0.05) is 11.6 Å². The zero-order valence-electron chi connectivity index (χ0n) is 11.3. The summed E-state index contributed by atoms with van der Waals surface area (Å²) in [6.45, 7) is 3.66. The average Bonchev–Trinajstić information content (AvgIpc) is 2.38. The maximum absolute atomic E-state index is 12.9. The molecule has 1 N–H and O–H groups in total. The van der Waals surface area contributed by atoms with Gasteiger partial charge in [0.05, 0.1) is 11.7 Å². The Labute approximate surface area is 116 Å². The maximum atomic E-state index is 12.9. The molecule has 0 unspecified atom stereocenters. The standard InChI is InChI=1S/C16H15FO3/c1-10(2)20-15-9-13(18)7-8-14(15)16(19)11-3-5-12(17)6-4-11/h3-10,18H,1-2H3. The van der Waals surface area contributed by atoms with Gasteiger partial charge < -0.3 is 9.84 Å². The van der Waals surface area contributed by atoms with E-state index in [1.807, 2.05) is 13.8 Å². The van der Waals surface area contributed by atoms with Crippen molar-refractivity contribution in [3.63, 3.8) is 0 Å². The van der Waals surface area contributed by atoms with E-state index < -0.39 is 5.82 Å². The van der Waals surface area contributed by atoms with Crippen molar-refractivity contribution in [1.82, 2.24) is 0 Å². The molecule has 0 radical (unpaired) electrons. The highest BCUT2D eigenvalue weighted by Crippen LogP contribution is 2.27. The second-order valence-corrected chi connectivity index (χ2v) is 4.68. The Hall–Kier alpha value is -2.36. The van der Waals surface area contributed by atoms with Gasteiger partial charge in [-0.15, -0.1) is 0 Å². The molecule has 2 rings (SSSR count). The quantitative estimate of drug-likeness (QED) is 0.867. The highest BCUT2D eigenvalue weighted by molar-refractivity contribution is 6.10. The number of rotatable bonds is 4. The van der Waals surface area contributed by atoms with Crippen LogP contribution in [0.3, 0.4) is 0 Å². The number of ether oxygens (including phenoxy) is 1. The molecule has 0 aliphatic heterocycles. The van der Waals surface area contributed by atoms with Crippen LogP contribution in [0.2, 0.25) is 0 Å². The van der Waals surface area contributed by atoms with Crippen molar-refractivity contribution in [2.75, 3.05) is 0 Å². The van der Waals surface area contributed by atoms with Gasteiger partial charge in [-0.2, -0.15) is 0 Å². The molecular weight excluding hydrogens is 259 g/mol. The maximum Gasteiger partial charge on any atom is 0.196 e. The van der Waals surface area contributed by atoms with Crippen molar-refractivity contribution in [3.8, 4) is 11.5 Å². The summed E-state index contributed by atoms with van der Waals surface area (Å²) >= 11 is 0. The lowest BCUT2D eigenvalue weighted by Crippen LogP contribution is -2.10. The van der Waals surface area contributed by atoms with Crippen LogP contribution in [0.4, 0.5) is 4.39 Å². The molecule has 0 bridgehead atoms. The van der Waals surface area contributed by atoms with Gasteiger partial charge >= 0.3 is 0 Å². The summed E-state index contributed by atoms with van der Waals surface area (Å²) in [5, 5.41) is 9.50. The summed E-state index contributed by atoms with van der Waals surface area (Å²) in [7, 11) is 0. The highest BCUT2D eigenvalue weighted by atomic mass is 19.1. The van der Waals surface area contributed by atoms with Crippen LogP contribution < -0.4 is 4.74 Å². The number of halogens is 1. The molecule has 0 atom stereocenters. The zero-order chi connectivity index (χ0) is 14.7. The van der Waals surface area contributed by atoms with E-state index >= 15 is 0 Å². The fourth-order valence-electron chi connectivity index (χ4n) is 1.81. The molecule has 2 aromatic rings. The van der Waals surface area contributed by atoms with Crippen LogP contribution in [-0.4, -0.2) is 17.0 Å². The second kappa shape index (κ2) is 5.74. The fourth-order valence-corrected chi connectivity index (χ4v) is 1.81. The van der Waals surface area contributed by atoms with Crippen LogP contribution in [0.1, 0.15) is 29.8 Å². The summed E-state index contributed by atoms with van der Waals surface area (Å²) in [6.07, 6.45) is -0.128. The van der Waals surface area contributed by atoms with E-state index in [2.05, 4.69) is 0 Å². The van der Waals surface area contributed by atoms with Crippen LogP contribution in [0.5, 0.6) is 11.5 Å². The van der Waals surface area contributed by atoms with Crippen molar-refractivity contribution in [2.24, 2.45) is 0 Å². The van der Waals surface area contributed by atoms with Gasteiger partial charge in [-0.3, -0.25) is 4.79 Å². The summed E-state index contributed by atoms with van der Waals surface area (Å²) in [4.78, 5) is 12.4. The number of phenols is 1. The van der Waals surface area contributed by atoms with E-state index in [4.69, 9.17) is 4.74 Å². The third-order valence-electron chi connectivity index (χ3n) is 2.68. The lowest BCUT2D eigenvalue weighted by atomic mass is 10.0. The van der Waals surface area contributed by atoms with Crippen molar-refractivity contribution in [1.29, 1.82) is 0 Å². The lowest BCUT2D eigenvalue weighted by molar-refractivity contribution is 0.103. The first-order valence-corrected chi connectivity index (χ1v) is 6.27. The summed E-state index contributed by atoms with van der Waals surface area (Å²) in [6, 6.07) is 9.63. The SMILES string of the molecule is CC(C)Oc1cc(O)ccc1C(=O)c1ccc(F)cc1. The first kappa shape index (κ1) is 14.1. The topological polar surface area (TPSA) is 46.5 Å². The van der Waals surface area contributed by atoms with Gasteiger partial charge in [-0.25, -0.2) is 4.39 Å². The van der Waals surface area contributed by atoms with Gasteiger partial charge in [-0.05, 0) is 50.2 Å². The summed E-state index contributed by atoms with van der Waals surface area (Å²) < 4.78 is 18.4. The smallest absolute Gasteiger partial charge is 0.196 e. The molecule has 0 aromatic heterocycles. The monoisotopic (exact) mass is 274 g/mol. The number of ketones is 1. The van der Waals surface area contributed by atoms with Gasteiger partial charge in [-0.1, -0.05) is 0 Å². The summed E-state index contributed by atoms with van der Waals surface area (Å²) in [5.41, 5.74) is 0.703. The second-order valence-electron chi connectivity index (χ2n) is 4.68. The van der Waals surface area contributed by atoms with Crippen LogP contribution >= 0.6 is 0 Å². The fraction of sp³-hybridized carbons (Fsp3) is 0.188. The van der Waals surface area contributed by atoms with Crippen molar-refractivity contribution < 1.29 is 19.0 Å². The van der Waals surface area contributed by atoms with E-state index in [-0.39, 0.29) is 17.6 Å². The van der Waals surface area contributed by atoms with E-state index in [0.29, 0.717) is 16.9 Å². The highest BCUT2D eigenvalue weighted by Gasteiger charge is 2.16. The van der Waals surface area contributed by atoms with E-state index in [9.17, 15) is 14.3 Å². The van der Waals surface area contributed by atoms with Crippen molar-refractivity contribution in [2.45, 2.75) is 20.0 Å². The molecule has 104 valence electrons. The molecule has 0 fully saturated rings. The summed E-state index contributed by atoms with van der Waals surface area (Å²) in [5.74, 6) is -0.336. The van der Waals surface area contributed by atoms with E-state index in [1.165, 1.54) is 42.5 Å². The minimum absolute atomic E-state index is 0.0244. The molecule has 0 aliphatic rings. The largest absolute Gasteiger partial charge is 0.508 e. The Morgan fingerprint density at radius 1 is 1.15 bits per heavy atom. The molecule has 3 nitrogen and oxygen atoms in total. The average molecular weight is 274 g/mol. The number of benzene rings is 2. The number of hydrogen-bond donors (Lipinski definition) is 1. The Morgan fingerprint density at radius 3 is 2.40 bits per heavy atom. The first-order chi connectivity index (χ1) is 9.47. The molecule has 0 heterocycles. The molecule has 0 saturated heterocycles. The Balaban J connectivity index is 2.40. The van der Waals surface area contributed by atoms with Crippen molar-refractivity contribution in [3.05, 3.63) is 59.4 Å². The number of aromatic hydroxyl groups is 1. The third kappa shape index (κ3) is 3.15. The molecule has 0 saturated carbocycles. The number of phenolic OH excluding ortho intramolecular Hbond substituents is 1. The van der Waals surface area contributed by atoms with Crippen LogP contribution in [0.15, 0.2) is 42.5 Å². The number of carbonyl (C=O) groups excluding carboxylic acids is 1. The van der Waals surface area contributed by atoms with Gasteiger partial charge in [0.25, 0.3) is 0 Å². The van der Waals surface area contributed by atoms with Gasteiger partial charge in [0.1, 0.15) is 17.3 Å². The van der Waals surface area contributed by atoms with Crippen LogP contribution in [-0.2, 0) is 0 Å². The third-order valence-corrected chi connectivity index (χ3v) is 2.68. The first-order valence-electron chi connectivity index (χ1n) is 6.27. The number of carbonyl (C=O) groups is 1. The van der Waals surface area contributed by atoms with Crippen LogP contribution in [0.25, 0.3) is 0 Å². The number of hydrogen-bond acceptors (Lipinski definition) is 3. The Morgan fingerprint density at radius 2 is 1.80 bits per heavy atom. The normalized spacial score (nSPS) is 10.6. The lowest BCUT2D eigenvalue weighted by Gasteiger charge is -2.14. The van der Waals surface area contributed by atoms with Crippen LogP contribution in [0, 0.1) is 5.82 Å². The molecule has 0 aliphatic carbocycles. The molecule has 20 heavy (non-hydrogen) atoms. The Bertz CT molecular complexity index is 618. The predicted octanol–water partition coefficient (Wildman–Crippen LogP) is 3.55. The molecule has 0 spiro atoms. The van der Waals surface area contributed by atoms with Gasteiger partial charge in [0.15, 0.2) is 5.78 Å². The minimum atomic E-state index is -0.397. The molecule has 0 amide bonds.